The Kier molecular flexibility index (Phi) is 497. The van der Waals surface area contributed by atoms with Gasteiger partial charge in [0, 0.05) is 17.1 Å². The van der Waals surface area contributed by atoms with Crippen molar-refractivity contribution < 1.29 is 17.1 Å². The molecule has 0 amide bonds. The van der Waals surface area contributed by atoms with Crippen LogP contribution in [0.2, 0.25) is 0 Å². The van der Waals surface area contributed by atoms with Gasteiger partial charge in [0.25, 0.3) is 0 Å². The third kappa shape index (κ3) is 24.4. The molecule has 0 aromatic heterocycles. The maximum atomic E-state index is 0. The van der Waals surface area contributed by atoms with Gasteiger partial charge in [-0.25, -0.2) is 0 Å². The third-order valence-electron chi connectivity index (χ3n) is 0. The first kappa shape index (κ1) is 64.8. The van der Waals surface area contributed by atoms with Crippen LogP contribution in [-0.4, -0.2) is 18.0 Å². The van der Waals surface area contributed by atoms with E-state index in [1.807, 2.05) is 0 Å². The Morgan fingerprint density at radius 3 is 0.600 bits per heavy atom. The minimum absolute atomic E-state index is 0. The van der Waals surface area contributed by atoms with Crippen LogP contribution in [-0.2, 0) is 17.1 Å². The van der Waals surface area contributed by atoms with Gasteiger partial charge in [-0.2, -0.15) is 0 Å². The molecule has 0 aliphatic rings. The van der Waals surface area contributed by atoms with Crippen molar-refractivity contribution in [3.05, 3.63) is 0 Å². The first-order valence-corrected chi connectivity index (χ1v) is 0. The van der Waals surface area contributed by atoms with Crippen molar-refractivity contribution in [2.75, 3.05) is 0 Å². The molecule has 0 bridgehead atoms. The van der Waals surface area contributed by atoms with Crippen LogP contribution < -0.4 is 0 Å². The van der Waals surface area contributed by atoms with Crippen LogP contribution in [0.3, 0.4) is 0 Å². The average molecular weight is 243 g/mol. The topological polar surface area (TPSA) is 0 Å². The van der Waals surface area contributed by atoms with Gasteiger partial charge in [-0.05, 0) is 0 Å². The van der Waals surface area contributed by atoms with Gasteiger partial charge in [0.2, 0.25) is 0 Å². The molecule has 0 aromatic rings. The zero-order valence-electron chi connectivity index (χ0n) is 2.29. The molecular weight excluding hydrogens is 237 g/mol. The normalized spacial score (nSPS) is 0. The minimum atomic E-state index is 0. The van der Waals surface area contributed by atoms with E-state index in [4.69, 9.17) is 0 Å². The summed E-state index contributed by atoms with van der Waals surface area (Å²) in [7, 11) is 0. The molecule has 40 valence electrons. The third-order valence-corrected chi connectivity index (χ3v) is 0. The monoisotopic (exact) mass is 242 g/mol. The number of hydrogen-bond acceptors (Lipinski definition) is 0. The summed E-state index contributed by atoms with van der Waals surface area (Å²) >= 11 is 0. The van der Waals surface area contributed by atoms with E-state index in [2.05, 4.69) is 0 Å². The predicted molar refractivity (Wildman–Crippen MR) is 31.7 cm³/mol. The van der Waals surface area contributed by atoms with E-state index in [-0.39, 0.29) is 72.2 Å². The summed E-state index contributed by atoms with van der Waals surface area (Å²) in [6, 6.07) is 0. The van der Waals surface area contributed by atoms with Crippen LogP contribution in [0.15, 0.2) is 0 Å². The summed E-state index contributed by atoms with van der Waals surface area (Å²) in [6.45, 7) is 0. The standard InChI is InChI=1S/AsH3.3ClH.Fe/h1H3;3*1H;. The molecule has 0 N–H and O–H groups in total. The van der Waals surface area contributed by atoms with E-state index < -0.39 is 0 Å². The van der Waals surface area contributed by atoms with E-state index in [1.54, 1.807) is 0 Å². The molecule has 5 heteroatoms. The molecule has 0 saturated carbocycles. The van der Waals surface area contributed by atoms with Gasteiger partial charge in [0.15, 0.2) is 0 Å². The maximum absolute atomic E-state index is 0. The van der Waals surface area contributed by atoms with E-state index in [1.165, 1.54) is 0 Å². The zero-order chi connectivity index (χ0) is 0. The molecule has 0 aromatic carbocycles. The molecule has 1 unspecified atom stereocenters. The van der Waals surface area contributed by atoms with Gasteiger partial charge in [-0.15, -0.1) is 37.2 Å². The zero-order valence-corrected chi connectivity index (χ0v) is 8.81. The quantitative estimate of drug-likeness (QED) is 0.528. The predicted octanol–water partition coefficient (Wildman–Crippen LogP) is 0.0790. The van der Waals surface area contributed by atoms with Crippen LogP contribution in [0.5, 0.6) is 0 Å². The molecule has 0 rings (SSSR count). The minimum Gasteiger partial charge on any atom is 0 e. The second kappa shape index (κ2) is 38.4. The molecule has 0 nitrogen and oxygen atoms in total. The van der Waals surface area contributed by atoms with E-state index in [0.29, 0.717) is 0 Å². The van der Waals surface area contributed by atoms with Crippen LogP contribution in [0, 0.1) is 0 Å². The first-order valence-electron chi connectivity index (χ1n) is 0. The summed E-state index contributed by atoms with van der Waals surface area (Å²) in [5.74, 6) is 0. The Hall–Kier alpha value is 1.95. The van der Waals surface area contributed by atoms with Crippen molar-refractivity contribution in [1.29, 1.82) is 0 Å². The van der Waals surface area contributed by atoms with Crippen molar-refractivity contribution in [1.82, 2.24) is 0 Å². The van der Waals surface area contributed by atoms with E-state index in [9.17, 15) is 0 Å². The molecule has 5 heavy (non-hydrogen) atoms. The number of rotatable bonds is 0. The van der Waals surface area contributed by atoms with Crippen LogP contribution >= 0.6 is 37.2 Å². The van der Waals surface area contributed by atoms with E-state index >= 15 is 0 Å². The summed E-state index contributed by atoms with van der Waals surface area (Å²) in [4.78, 5) is 0. The largest absolute Gasteiger partial charge is 0 e. The Balaban J connectivity index is 0. The molecule has 0 fully saturated rings. The van der Waals surface area contributed by atoms with Gasteiger partial charge in [0.1, 0.15) is 0 Å². The first-order chi connectivity index (χ1) is 0. The van der Waals surface area contributed by atoms with Crippen LogP contribution in [0.25, 0.3) is 0 Å². The fraction of sp³-hybridized carbons (Fsp3) is 0. The van der Waals surface area contributed by atoms with Crippen molar-refractivity contribution >= 4 is 55.2 Å². The smallest absolute Gasteiger partial charge is 0 e. The summed E-state index contributed by atoms with van der Waals surface area (Å²) < 4.78 is 0. The molecule has 0 aliphatic carbocycles. The molecule has 0 radical (unpaired) electrons. The molecule has 0 heterocycles. The van der Waals surface area contributed by atoms with Crippen molar-refractivity contribution in [2.45, 2.75) is 0 Å². The molecule has 0 saturated heterocycles. The molecule has 0 spiro atoms. The van der Waals surface area contributed by atoms with Crippen LogP contribution in [0.1, 0.15) is 0 Å². The number of halogens is 3. The fourth-order valence-corrected chi connectivity index (χ4v) is 0. The summed E-state index contributed by atoms with van der Waals surface area (Å²) in [6.07, 6.45) is 0. The second-order valence-corrected chi connectivity index (χ2v) is 0. The van der Waals surface area contributed by atoms with Gasteiger partial charge in [-0.1, -0.05) is 0 Å². The van der Waals surface area contributed by atoms with Gasteiger partial charge < -0.3 is 0 Å². The second-order valence-electron chi connectivity index (χ2n) is 0. The summed E-state index contributed by atoms with van der Waals surface area (Å²) in [5.41, 5.74) is 0. The number of hydrogen-bond donors (Lipinski definition) is 0. The van der Waals surface area contributed by atoms with Gasteiger partial charge in [-0.3, -0.25) is 0 Å². The Morgan fingerprint density at radius 1 is 0.600 bits per heavy atom. The van der Waals surface area contributed by atoms with Gasteiger partial charge in [0.05, 0.1) is 0 Å². The van der Waals surface area contributed by atoms with Crippen molar-refractivity contribution in [2.24, 2.45) is 0 Å². The maximum Gasteiger partial charge on any atom is 0 e. The fourth-order valence-electron chi connectivity index (χ4n) is 0. The Bertz CT molecular complexity index is 6.85. The Labute approximate surface area is 71.9 Å². The molecular formula is H6AsCl3Fe. The van der Waals surface area contributed by atoms with E-state index in [0.717, 1.165) is 0 Å². The van der Waals surface area contributed by atoms with Crippen molar-refractivity contribution in [3.8, 4) is 0 Å². The van der Waals surface area contributed by atoms with Crippen LogP contribution in [0.4, 0.5) is 0 Å². The average Bonchev–Trinajstić information content (AvgIpc) is 0. The summed E-state index contributed by atoms with van der Waals surface area (Å²) in [5, 5.41) is 0. The molecule has 0 aliphatic heterocycles. The van der Waals surface area contributed by atoms with Gasteiger partial charge >= 0.3 is 18.0 Å². The molecule has 1 atom stereocenters. The SMILES string of the molecule is Cl.Cl.Cl.[AsH3].[Fe]. The Morgan fingerprint density at radius 2 is 0.600 bits per heavy atom. The van der Waals surface area contributed by atoms with Crippen molar-refractivity contribution in [3.63, 3.8) is 0 Å².